The van der Waals surface area contributed by atoms with E-state index in [4.69, 9.17) is 4.43 Å². The first-order valence-corrected chi connectivity index (χ1v) is 11.8. The van der Waals surface area contributed by atoms with Gasteiger partial charge in [0.2, 0.25) is 0 Å². The number of ether oxygens (including phenoxy) is 1. The van der Waals surface area contributed by atoms with E-state index in [1.807, 2.05) is 18.4 Å². The quantitative estimate of drug-likeness (QED) is 0.264. The number of carbonyl (C=O) groups excluding carboxylic acids is 1. The maximum Gasteiger partial charge on any atom is 0.319 e. The molecular weight excluding hydrogens is 364 g/mol. The van der Waals surface area contributed by atoms with E-state index in [1.165, 1.54) is 17.5 Å². The smallest absolute Gasteiger partial charge is 0.319 e. The Morgan fingerprint density at radius 2 is 1.46 bits per heavy atom. The van der Waals surface area contributed by atoms with Crippen molar-refractivity contribution in [1.29, 1.82) is 0 Å². The Balaban J connectivity index is 2.22. The number of rotatable bonds is 9. The molecule has 0 aliphatic rings. The zero-order valence-corrected chi connectivity index (χ0v) is 18.5. The van der Waals surface area contributed by atoms with Crippen LogP contribution in [0.25, 0.3) is 0 Å². The lowest BCUT2D eigenvalue weighted by atomic mass is 10.2. The van der Waals surface area contributed by atoms with Gasteiger partial charge in [-0.2, -0.15) is 0 Å². The highest BCUT2D eigenvalue weighted by atomic mass is 28.4. The normalized spacial score (nSPS) is 12.1. The standard InChI is InChI=1S/C24H32O3Si/c1-24(2,3)28(21-15-9-7-10-16-21,22-17-11-8-12-18-22)27-20-14-6-5-13-19-23(25)26-4/h7-12,14-18,20H,5-6,13,19H2,1-4H3/b20-14-. The van der Waals surface area contributed by atoms with Gasteiger partial charge in [-0.05, 0) is 34.7 Å². The Morgan fingerprint density at radius 3 is 1.93 bits per heavy atom. The molecule has 0 heterocycles. The van der Waals surface area contributed by atoms with Crippen molar-refractivity contribution in [2.45, 2.75) is 51.5 Å². The molecule has 4 heteroatoms. The van der Waals surface area contributed by atoms with Gasteiger partial charge in [0.15, 0.2) is 0 Å². The van der Waals surface area contributed by atoms with E-state index < -0.39 is 8.32 Å². The summed E-state index contributed by atoms with van der Waals surface area (Å²) in [5.41, 5.74) is 0. The molecule has 0 saturated carbocycles. The van der Waals surface area contributed by atoms with Crippen molar-refractivity contribution in [2.24, 2.45) is 0 Å². The second-order valence-electron chi connectivity index (χ2n) is 7.97. The highest BCUT2D eigenvalue weighted by Crippen LogP contribution is 2.36. The van der Waals surface area contributed by atoms with Crippen LogP contribution in [0, 0.1) is 0 Å². The molecule has 150 valence electrons. The average molecular weight is 397 g/mol. The van der Waals surface area contributed by atoms with Crippen molar-refractivity contribution in [3.8, 4) is 0 Å². The van der Waals surface area contributed by atoms with E-state index >= 15 is 0 Å². The van der Waals surface area contributed by atoms with Gasteiger partial charge in [0.25, 0.3) is 0 Å². The van der Waals surface area contributed by atoms with E-state index in [0.717, 1.165) is 19.3 Å². The fourth-order valence-electron chi connectivity index (χ4n) is 3.54. The molecule has 2 rings (SSSR count). The van der Waals surface area contributed by atoms with Crippen LogP contribution in [-0.4, -0.2) is 21.4 Å². The minimum Gasteiger partial charge on any atom is -0.540 e. The predicted octanol–water partition coefficient (Wildman–Crippen LogP) is 4.81. The van der Waals surface area contributed by atoms with Gasteiger partial charge < -0.3 is 9.16 Å². The third kappa shape index (κ3) is 5.35. The molecule has 3 nitrogen and oxygen atoms in total. The summed E-state index contributed by atoms with van der Waals surface area (Å²) in [6.07, 6.45) is 7.09. The van der Waals surface area contributed by atoms with E-state index in [0.29, 0.717) is 6.42 Å². The van der Waals surface area contributed by atoms with Crippen LogP contribution in [0.5, 0.6) is 0 Å². The third-order valence-corrected chi connectivity index (χ3v) is 9.88. The molecule has 2 aromatic rings. The van der Waals surface area contributed by atoms with Crippen LogP contribution in [0.4, 0.5) is 0 Å². The largest absolute Gasteiger partial charge is 0.540 e. The Morgan fingerprint density at radius 1 is 0.929 bits per heavy atom. The molecule has 0 saturated heterocycles. The number of methoxy groups -OCH3 is 1. The predicted molar refractivity (Wildman–Crippen MR) is 118 cm³/mol. The third-order valence-electron chi connectivity index (χ3n) is 4.99. The lowest BCUT2D eigenvalue weighted by molar-refractivity contribution is -0.140. The number of benzene rings is 2. The summed E-state index contributed by atoms with van der Waals surface area (Å²) in [6.45, 7) is 6.80. The van der Waals surface area contributed by atoms with Gasteiger partial charge in [-0.1, -0.05) is 87.5 Å². The summed E-state index contributed by atoms with van der Waals surface area (Å²) in [6, 6.07) is 21.2. The maximum atomic E-state index is 11.2. The van der Waals surface area contributed by atoms with E-state index in [-0.39, 0.29) is 11.0 Å². The van der Waals surface area contributed by atoms with Gasteiger partial charge in [0.05, 0.1) is 13.4 Å². The number of carbonyl (C=O) groups is 1. The van der Waals surface area contributed by atoms with Crippen LogP contribution < -0.4 is 10.4 Å². The number of unbranched alkanes of at least 4 members (excludes halogenated alkanes) is 2. The Hall–Kier alpha value is -2.33. The SMILES string of the molecule is COC(=O)CCCC/C=C\O[Si](c1ccccc1)(c1ccccc1)C(C)(C)C. The van der Waals surface area contributed by atoms with E-state index in [1.54, 1.807) is 0 Å². The lowest BCUT2D eigenvalue weighted by Gasteiger charge is -2.41. The highest BCUT2D eigenvalue weighted by Gasteiger charge is 2.51. The van der Waals surface area contributed by atoms with Crippen molar-refractivity contribution >= 4 is 24.7 Å². The van der Waals surface area contributed by atoms with Gasteiger partial charge in [-0.15, -0.1) is 0 Å². The summed E-state index contributed by atoms with van der Waals surface area (Å²) >= 11 is 0. The first-order valence-electron chi connectivity index (χ1n) is 9.92. The second-order valence-corrected chi connectivity index (χ2v) is 12.2. The Bertz CT molecular complexity index is 709. The highest BCUT2D eigenvalue weighted by molar-refractivity contribution is 6.99. The van der Waals surface area contributed by atoms with Gasteiger partial charge in [-0.25, -0.2) is 0 Å². The maximum absolute atomic E-state index is 11.2. The molecule has 0 aromatic heterocycles. The van der Waals surface area contributed by atoms with Gasteiger partial charge in [0.1, 0.15) is 0 Å². The number of esters is 1. The van der Waals surface area contributed by atoms with Gasteiger partial charge >= 0.3 is 14.3 Å². The summed E-state index contributed by atoms with van der Waals surface area (Å²) in [5, 5.41) is 2.50. The summed E-state index contributed by atoms with van der Waals surface area (Å²) in [4.78, 5) is 11.2. The number of hydrogen-bond acceptors (Lipinski definition) is 3. The van der Waals surface area contributed by atoms with E-state index in [9.17, 15) is 4.79 Å². The topological polar surface area (TPSA) is 35.5 Å². The molecule has 0 aliphatic heterocycles. The Labute approximate surface area is 170 Å². The first-order chi connectivity index (χ1) is 13.4. The molecule has 0 atom stereocenters. The van der Waals surface area contributed by atoms with E-state index in [2.05, 4.69) is 80.1 Å². The number of allylic oxidation sites excluding steroid dienone is 1. The monoisotopic (exact) mass is 396 g/mol. The zero-order valence-electron chi connectivity index (χ0n) is 17.5. The van der Waals surface area contributed by atoms with Crippen LogP contribution >= 0.6 is 0 Å². The van der Waals surface area contributed by atoms with Crippen LogP contribution in [0.15, 0.2) is 73.0 Å². The molecule has 0 amide bonds. The molecule has 0 radical (unpaired) electrons. The van der Waals surface area contributed by atoms with Crippen molar-refractivity contribution < 1.29 is 14.0 Å². The lowest BCUT2D eigenvalue weighted by Crippen LogP contribution is -2.65. The number of hydrogen-bond donors (Lipinski definition) is 0. The van der Waals surface area contributed by atoms with Gasteiger partial charge in [0, 0.05) is 6.42 Å². The second kappa shape index (κ2) is 10.3. The zero-order chi connectivity index (χ0) is 20.5. The van der Waals surface area contributed by atoms with Crippen LogP contribution in [0.2, 0.25) is 5.04 Å². The van der Waals surface area contributed by atoms with Crippen molar-refractivity contribution in [2.75, 3.05) is 7.11 Å². The van der Waals surface area contributed by atoms with Crippen LogP contribution in [0.3, 0.4) is 0 Å². The van der Waals surface area contributed by atoms with Gasteiger partial charge in [-0.3, -0.25) is 4.79 Å². The minimum absolute atomic E-state index is 0.0368. The summed E-state index contributed by atoms with van der Waals surface area (Å²) in [5.74, 6) is -0.146. The Kier molecular flexibility index (Phi) is 8.06. The summed E-state index contributed by atoms with van der Waals surface area (Å²) < 4.78 is 11.4. The fourth-order valence-corrected chi connectivity index (χ4v) is 7.86. The molecule has 2 aromatic carbocycles. The van der Waals surface area contributed by atoms with Crippen LogP contribution in [0.1, 0.15) is 46.5 Å². The molecule has 0 aliphatic carbocycles. The van der Waals surface area contributed by atoms with Crippen molar-refractivity contribution in [3.05, 3.63) is 73.0 Å². The average Bonchev–Trinajstić information content (AvgIpc) is 2.70. The molecule has 0 bridgehead atoms. The summed E-state index contributed by atoms with van der Waals surface area (Å²) in [7, 11) is -1.07. The van der Waals surface area contributed by atoms with Crippen molar-refractivity contribution in [1.82, 2.24) is 0 Å². The molecule has 0 fully saturated rings. The minimum atomic E-state index is -2.50. The molecular formula is C24H32O3Si. The molecule has 0 spiro atoms. The molecule has 28 heavy (non-hydrogen) atoms. The molecule has 0 unspecified atom stereocenters. The van der Waals surface area contributed by atoms with Crippen LogP contribution in [-0.2, 0) is 14.0 Å². The molecule has 0 N–H and O–H groups in total. The first kappa shape index (κ1) is 22.0. The van der Waals surface area contributed by atoms with Crippen molar-refractivity contribution in [3.63, 3.8) is 0 Å². The fraction of sp³-hybridized carbons (Fsp3) is 0.375.